The molecule has 0 aromatic rings. The van der Waals surface area contributed by atoms with E-state index in [9.17, 15) is 18.0 Å². The van der Waals surface area contributed by atoms with Crippen LogP contribution >= 0.6 is 0 Å². The Kier molecular flexibility index (Phi) is 5.78. The lowest BCUT2D eigenvalue weighted by atomic mass is 9.83. The number of nitrogens with one attached hydrogen (secondary N) is 2. The average Bonchev–Trinajstić information content (AvgIpc) is 2.35. The van der Waals surface area contributed by atoms with Crippen molar-refractivity contribution in [3.05, 3.63) is 0 Å². The van der Waals surface area contributed by atoms with E-state index in [0.717, 1.165) is 19.3 Å². The fourth-order valence-electron chi connectivity index (χ4n) is 2.53. The quantitative estimate of drug-likeness (QED) is 0.749. The van der Waals surface area contributed by atoms with Crippen molar-refractivity contribution in [2.24, 2.45) is 0 Å². The molecule has 0 aromatic carbocycles. The summed E-state index contributed by atoms with van der Waals surface area (Å²) in [4.78, 5) is 22.1. The zero-order valence-corrected chi connectivity index (χ0v) is 13.9. The molecule has 1 aliphatic rings. The normalized spacial score (nSPS) is 18.8. The standard InChI is InChI=1S/C14H26N2O4S/c1-13(2,3)21(19,20)11-14(7-5-4-6-8-14)16-12(18)15-9-10-17/h10H,4-9,11H2,1-3H3,(H2,15,16,18). The van der Waals surface area contributed by atoms with Crippen LogP contribution in [0, 0.1) is 0 Å². The minimum absolute atomic E-state index is 0.0575. The maximum Gasteiger partial charge on any atom is 0.315 e. The Hall–Kier alpha value is -1.11. The van der Waals surface area contributed by atoms with E-state index in [1.54, 1.807) is 20.8 Å². The van der Waals surface area contributed by atoms with Crippen molar-refractivity contribution in [3.63, 3.8) is 0 Å². The van der Waals surface area contributed by atoms with Gasteiger partial charge in [-0.2, -0.15) is 0 Å². The van der Waals surface area contributed by atoms with Crippen LogP contribution in [0.25, 0.3) is 0 Å². The van der Waals surface area contributed by atoms with E-state index >= 15 is 0 Å². The highest BCUT2D eigenvalue weighted by molar-refractivity contribution is 7.92. The van der Waals surface area contributed by atoms with Crippen LogP contribution in [0.15, 0.2) is 0 Å². The van der Waals surface area contributed by atoms with E-state index in [4.69, 9.17) is 0 Å². The molecule has 2 amide bonds. The Morgan fingerprint density at radius 3 is 2.24 bits per heavy atom. The first-order valence-electron chi connectivity index (χ1n) is 7.34. The molecule has 1 saturated carbocycles. The minimum atomic E-state index is -3.33. The summed E-state index contributed by atoms with van der Waals surface area (Å²) in [6, 6.07) is -0.479. The molecule has 0 aromatic heterocycles. The monoisotopic (exact) mass is 318 g/mol. The summed E-state index contributed by atoms with van der Waals surface area (Å²) in [5, 5.41) is 5.22. The zero-order valence-electron chi connectivity index (χ0n) is 13.1. The van der Waals surface area contributed by atoms with E-state index < -0.39 is 26.2 Å². The Bertz CT molecular complexity index is 474. The fraction of sp³-hybridized carbons (Fsp3) is 0.857. The lowest BCUT2D eigenvalue weighted by Crippen LogP contribution is -2.58. The highest BCUT2D eigenvalue weighted by atomic mass is 32.2. The van der Waals surface area contributed by atoms with Crippen molar-refractivity contribution >= 4 is 22.2 Å². The molecular formula is C14H26N2O4S. The Balaban J connectivity index is 2.89. The van der Waals surface area contributed by atoms with Crippen LogP contribution in [0.1, 0.15) is 52.9 Å². The number of sulfone groups is 1. The molecule has 0 atom stereocenters. The molecule has 6 nitrogen and oxygen atoms in total. The molecule has 21 heavy (non-hydrogen) atoms. The van der Waals surface area contributed by atoms with Gasteiger partial charge in [-0.25, -0.2) is 13.2 Å². The number of rotatable bonds is 5. The van der Waals surface area contributed by atoms with Crippen LogP contribution in [0.5, 0.6) is 0 Å². The molecule has 0 spiro atoms. The van der Waals surface area contributed by atoms with E-state index in [1.165, 1.54) is 0 Å². The van der Waals surface area contributed by atoms with E-state index in [1.807, 2.05) is 0 Å². The van der Waals surface area contributed by atoms with Crippen LogP contribution in [-0.4, -0.2) is 43.3 Å². The molecule has 0 radical (unpaired) electrons. The van der Waals surface area contributed by atoms with Crippen LogP contribution in [0.3, 0.4) is 0 Å². The molecule has 1 fully saturated rings. The van der Waals surface area contributed by atoms with Gasteiger partial charge in [-0.05, 0) is 33.6 Å². The summed E-state index contributed by atoms with van der Waals surface area (Å²) in [7, 11) is -3.33. The van der Waals surface area contributed by atoms with E-state index in [-0.39, 0.29) is 12.3 Å². The number of urea groups is 1. The third-order valence-corrected chi connectivity index (χ3v) is 6.73. The number of hydrogen-bond acceptors (Lipinski definition) is 4. The van der Waals surface area contributed by atoms with Gasteiger partial charge in [0.05, 0.1) is 22.6 Å². The summed E-state index contributed by atoms with van der Waals surface area (Å²) in [6.07, 6.45) is 4.74. The van der Waals surface area contributed by atoms with Gasteiger partial charge in [-0.3, -0.25) is 0 Å². The predicted molar refractivity (Wildman–Crippen MR) is 82.0 cm³/mol. The van der Waals surface area contributed by atoms with Gasteiger partial charge in [-0.1, -0.05) is 19.3 Å². The molecule has 1 aliphatic carbocycles. The molecule has 1 rings (SSSR count). The van der Waals surface area contributed by atoms with Gasteiger partial charge in [0.1, 0.15) is 6.29 Å². The summed E-state index contributed by atoms with van der Waals surface area (Å²) in [5.74, 6) is -0.0575. The smallest absolute Gasteiger partial charge is 0.315 e. The lowest BCUT2D eigenvalue weighted by molar-refractivity contribution is -0.107. The van der Waals surface area contributed by atoms with Crippen LogP contribution in [0.4, 0.5) is 4.79 Å². The van der Waals surface area contributed by atoms with Gasteiger partial charge in [0.2, 0.25) is 0 Å². The van der Waals surface area contributed by atoms with Gasteiger partial charge in [0, 0.05) is 0 Å². The van der Waals surface area contributed by atoms with Gasteiger partial charge in [0.15, 0.2) is 9.84 Å². The Morgan fingerprint density at radius 1 is 1.19 bits per heavy atom. The number of carbonyl (C=O) groups is 2. The van der Waals surface area contributed by atoms with Crippen LogP contribution in [-0.2, 0) is 14.6 Å². The van der Waals surface area contributed by atoms with Crippen molar-refractivity contribution in [1.29, 1.82) is 0 Å². The Labute approximate surface area is 127 Å². The zero-order chi connectivity index (χ0) is 16.1. The second kappa shape index (κ2) is 6.77. The number of amides is 2. The third kappa shape index (κ3) is 4.98. The molecule has 0 bridgehead atoms. The van der Waals surface area contributed by atoms with Crippen LogP contribution < -0.4 is 10.6 Å². The molecule has 7 heteroatoms. The lowest BCUT2D eigenvalue weighted by Gasteiger charge is -2.39. The predicted octanol–water partition coefficient (Wildman–Crippen LogP) is 1.40. The van der Waals surface area contributed by atoms with Crippen molar-refractivity contribution in [2.45, 2.75) is 63.2 Å². The van der Waals surface area contributed by atoms with Gasteiger partial charge < -0.3 is 15.4 Å². The highest BCUT2D eigenvalue weighted by Crippen LogP contribution is 2.32. The second-order valence-corrected chi connectivity index (χ2v) is 9.46. The van der Waals surface area contributed by atoms with Gasteiger partial charge >= 0.3 is 6.03 Å². The second-order valence-electron chi connectivity index (χ2n) is 6.71. The van der Waals surface area contributed by atoms with Crippen molar-refractivity contribution < 1.29 is 18.0 Å². The Morgan fingerprint density at radius 2 is 1.76 bits per heavy atom. The SMILES string of the molecule is CC(C)(C)S(=O)(=O)CC1(NC(=O)NCC=O)CCCCC1. The largest absolute Gasteiger partial charge is 0.332 e. The molecule has 0 unspecified atom stereocenters. The third-order valence-electron chi connectivity index (χ3n) is 3.93. The maximum atomic E-state index is 12.5. The van der Waals surface area contributed by atoms with E-state index in [0.29, 0.717) is 19.1 Å². The fourth-order valence-corrected chi connectivity index (χ4v) is 4.05. The molecule has 0 aliphatic heterocycles. The topological polar surface area (TPSA) is 92.3 Å². The first-order valence-corrected chi connectivity index (χ1v) is 8.99. The summed E-state index contributed by atoms with van der Waals surface area (Å²) in [5.41, 5.74) is -0.725. The van der Waals surface area contributed by atoms with Gasteiger partial charge in [-0.15, -0.1) is 0 Å². The summed E-state index contributed by atoms with van der Waals surface area (Å²) >= 11 is 0. The minimum Gasteiger partial charge on any atom is -0.332 e. The number of aldehydes is 1. The summed E-state index contributed by atoms with van der Waals surface area (Å²) in [6.45, 7) is 4.94. The average molecular weight is 318 g/mol. The van der Waals surface area contributed by atoms with Crippen molar-refractivity contribution in [3.8, 4) is 0 Å². The highest BCUT2D eigenvalue weighted by Gasteiger charge is 2.42. The van der Waals surface area contributed by atoms with Gasteiger partial charge in [0.25, 0.3) is 0 Å². The molecule has 2 N–H and O–H groups in total. The molecule has 0 heterocycles. The number of carbonyl (C=O) groups excluding carboxylic acids is 2. The first-order chi connectivity index (χ1) is 9.62. The molecule has 122 valence electrons. The van der Waals surface area contributed by atoms with Crippen LogP contribution in [0.2, 0.25) is 0 Å². The van der Waals surface area contributed by atoms with Crippen molar-refractivity contribution in [2.75, 3.05) is 12.3 Å². The molecular weight excluding hydrogens is 292 g/mol. The van der Waals surface area contributed by atoms with Crippen molar-refractivity contribution in [1.82, 2.24) is 10.6 Å². The first kappa shape index (κ1) is 17.9. The maximum absolute atomic E-state index is 12.5. The molecule has 0 saturated heterocycles. The summed E-state index contributed by atoms with van der Waals surface area (Å²) < 4.78 is 24.1. The van der Waals surface area contributed by atoms with E-state index in [2.05, 4.69) is 10.6 Å². The number of hydrogen-bond donors (Lipinski definition) is 2.